The number of rotatable bonds is 5. The Morgan fingerprint density at radius 3 is 2.12 bits per heavy atom. The minimum Gasteiger partial charge on any atom is -0.207 e. The van der Waals surface area contributed by atoms with Gasteiger partial charge >= 0.3 is 0 Å². The largest absolute Gasteiger partial charge is 0.240 e. The molecule has 0 saturated heterocycles. The molecule has 0 spiro atoms. The zero-order valence-corrected chi connectivity index (χ0v) is 13.9. The molecule has 0 bridgehead atoms. The zero-order valence-electron chi connectivity index (χ0n) is 13.1. The highest BCUT2D eigenvalue weighted by Crippen LogP contribution is 2.21. The Morgan fingerprint density at radius 2 is 1.44 bits per heavy atom. The predicted octanol–water partition coefficient (Wildman–Crippen LogP) is 4.11. The number of hydrogen-bond acceptors (Lipinski definition) is 2. The van der Waals surface area contributed by atoms with E-state index in [2.05, 4.69) is 4.72 Å². The Bertz CT molecular complexity index is 972. The summed E-state index contributed by atoms with van der Waals surface area (Å²) in [5, 5.41) is 0. The molecule has 0 aromatic heterocycles. The molecule has 25 heavy (non-hydrogen) atoms. The Morgan fingerprint density at radius 1 is 0.800 bits per heavy atom. The van der Waals surface area contributed by atoms with Crippen LogP contribution in [0.3, 0.4) is 0 Å². The normalized spacial score (nSPS) is 11.4. The van der Waals surface area contributed by atoms with Gasteiger partial charge in [0.1, 0.15) is 11.6 Å². The fourth-order valence-corrected chi connectivity index (χ4v) is 3.40. The van der Waals surface area contributed by atoms with Crippen LogP contribution in [0.1, 0.15) is 5.56 Å². The maximum absolute atomic E-state index is 13.6. The molecular formula is C19H15F2NO2S. The monoisotopic (exact) mass is 359 g/mol. The first-order chi connectivity index (χ1) is 12.0. The third-order valence-electron chi connectivity index (χ3n) is 3.73. The van der Waals surface area contributed by atoms with Crippen LogP contribution in [-0.4, -0.2) is 8.42 Å². The van der Waals surface area contributed by atoms with E-state index in [1.165, 1.54) is 12.1 Å². The predicted molar refractivity (Wildman–Crippen MR) is 92.3 cm³/mol. The van der Waals surface area contributed by atoms with E-state index in [9.17, 15) is 17.2 Å². The van der Waals surface area contributed by atoms with E-state index in [4.69, 9.17) is 0 Å². The maximum atomic E-state index is 13.6. The quantitative estimate of drug-likeness (QED) is 0.745. The second-order valence-electron chi connectivity index (χ2n) is 5.45. The fraction of sp³-hybridized carbons (Fsp3) is 0.0526. The van der Waals surface area contributed by atoms with E-state index in [1.807, 2.05) is 30.3 Å². The van der Waals surface area contributed by atoms with Crippen LogP contribution in [0.25, 0.3) is 11.1 Å². The van der Waals surface area contributed by atoms with Crippen molar-refractivity contribution in [2.75, 3.05) is 0 Å². The molecule has 0 amide bonds. The van der Waals surface area contributed by atoms with Gasteiger partial charge in [-0.1, -0.05) is 42.5 Å². The summed E-state index contributed by atoms with van der Waals surface area (Å²) in [6, 6.07) is 18.8. The van der Waals surface area contributed by atoms with Crippen LogP contribution in [-0.2, 0) is 16.6 Å². The molecule has 0 heterocycles. The first kappa shape index (κ1) is 17.3. The van der Waals surface area contributed by atoms with Crippen LogP contribution in [0.5, 0.6) is 0 Å². The van der Waals surface area contributed by atoms with Crippen molar-refractivity contribution in [3.8, 4) is 11.1 Å². The van der Waals surface area contributed by atoms with Crippen molar-refractivity contribution < 1.29 is 17.2 Å². The van der Waals surface area contributed by atoms with Gasteiger partial charge in [-0.2, -0.15) is 0 Å². The second-order valence-corrected chi connectivity index (χ2v) is 7.22. The summed E-state index contributed by atoms with van der Waals surface area (Å²) in [5.74, 6) is -1.29. The van der Waals surface area contributed by atoms with E-state index in [1.54, 1.807) is 12.1 Å². The molecule has 128 valence electrons. The van der Waals surface area contributed by atoms with Gasteiger partial charge < -0.3 is 0 Å². The third-order valence-corrected chi connectivity index (χ3v) is 5.15. The van der Waals surface area contributed by atoms with E-state index < -0.39 is 21.7 Å². The summed E-state index contributed by atoms with van der Waals surface area (Å²) >= 11 is 0. The average molecular weight is 359 g/mol. The lowest BCUT2D eigenvalue weighted by Crippen LogP contribution is -2.23. The summed E-state index contributed by atoms with van der Waals surface area (Å²) < 4.78 is 53.7. The van der Waals surface area contributed by atoms with Crippen LogP contribution >= 0.6 is 0 Å². The molecular weight excluding hydrogens is 344 g/mol. The van der Waals surface area contributed by atoms with Crippen molar-refractivity contribution in [3.05, 3.63) is 90.0 Å². The molecule has 0 fully saturated rings. The van der Waals surface area contributed by atoms with Gasteiger partial charge in [0.25, 0.3) is 0 Å². The molecule has 0 atom stereocenters. The van der Waals surface area contributed by atoms with Crippen molar-refractivity contribution in [1.82, 2.24) is 4.72 Å². The summed E-state index contributed by atoms with van der Waals surface area (Å²) in [7, 11) is -3.83. The summed E-state index contributed by atoms with van der Waals surface area (Å²) in [4.78, 5) is 0.0593. The van der Waals surface area contributed by atoms with Crippen LogP contribution in [0.15, 0.2) is 77.7 Å². The molecule has 0 saturated carbocycles. The number of halogens is 2. The Hall–Kier alpha value is -2.57. The first-order valence-corrected chi connectivity index (χ1v) is 9.03. The Kier molecular flexibility index (Phi) is 4.92. The van der Waals surface area contributed by atoms with Gasteiger partial charge in [-0.25, -0.2) is 21.9 Å². The number of nitrogens with one attached hydrogen (secondary N) is 1. The zero-order chi connectivity index (χ0) is 17.9. The van der Waals surface area contributed by atoms with Crippen molar-refractivity contribution in [3.63, 3.8) is 0 Å². The molecule has 3 aromatic carbocycles. The van der Waals surface area contributed by atoms with Gasteiger partial charge in [0.15, 0.2) is 0 Å². The molecule has 6 heteroatoms. The molecule has 3 aromatic rings. The highest BCUT2D eigenvalue weighted by atomic mass is 32.2. The lowest BCUT2D eigenvalue weighted by molar-refractivity contribution is 0.567. The summed E-state index contributed by atoms with van der Waals surface area (Å²) in [5.41, 5.74) is 1.81. The van der Waals surface area contributed by atoms with Gasteiger partial charge in [-0.05, 0) is 41.5 Å². The van der Waals surface area contributed by atoms with Gasteiger partial charge in [-0.15, -0.1) is 0 Å². The lowest BCUT2D eigenvalue weighted by atomic mass is 10.1. The molecule has 0 aliphatic carbocycles. The Balaban J connectivity index is 1.77. The first-order valence-electron chi connectivity index (χ1n) is 7.55. The van der Waals surface area contributed by atoms with Gasteiger partial charge in [0.2, 0.25) is 10.0 Å². The minimum atomic E-state index is -3.83. The molecule has 3 nitrogen and oxygen atoms in total. The number of benzene rings is 3. The summed E-state index contributed by atoms with van der Waals surface area (Å²) in [6.45, 7) is -0.327. The van der Waals surface area contributed by atoms with Crippen LogP contribution in [0.2, 0.25) is 0 Å². The van der Waals surface area contributed by atoms with Crippen molar-refractivity contribution >= 4 is 10.0 Å². The standard InChI is InChI=1S/C19H15F2NO2S/c20-17-8-11-19(21)16(12-17)13-22-25(23,24)18-9-6-15(7-10-18)14-4-2-1-3-5-14/h1-12,22H,13H2. The van der Waals surface area contributed by atoms with E-state index in [0.29, 0.717) is 0 Å². The minimum absolute atomic E-state index is 0.0514. The number of sulfonamides is 1. The van der Waals surface area contributed by atoms with Crippen LogP contribution in [0.4, 0.5) is 8.78 Å². The van der Waals surface area contributed by atoms with Crippen molar-refractivity contribution in [1.29, 1.82) is 0 Å². The van der Waals surface area contributed by atoms with Crippen molar-refractivity contribution in [2.24, 2.45) is 0 Å². The maximum Gasteiger partial charge on any atom is 0.240 e. The van der Waals surface area contributed by atoms with Crippen LogP contribution in [0, 0.1) is 11.6 Å². The summed E-state index contributed by atoms with van der Waals surface area (Å²) in [6.07, 6.45) is 0. The SMILES string of the molecule is O=S(=O)(NCc1cc(F)ccc1F)c1ccc(-c2ccccc2)cc1. The molecule has 0 aliphatic rings. The molecule has 3 rings (SSSR count). The third kappa shape index (κ3) is 4.10. The highest BCUT2D eigenvalue weighted by molar-refractivity contribution is 7.89. The molecule has 0 unspecified atom stereocenters. The average Bonchev–Trinajstić information content (AvgIpc) is 2.63. The second kappa shape index (κ2) is 7.13. The van der Waals surface area contributed by atoms with E-state index in [-0.39, 0.29) is 17.0 Å². The van der Waals surface area contributed by atoms with E-state index in [0.717, 1.165) is 29.3 Å². The smallest absolute Gasteiger partial charge is 0.207 e. The fourth-order valence-electron chi connectivity index (χ4n) is 2.39. The topological polar surface area (TPSA) is 46.2 Å². The Labute approximate surface area is 145 Å². The lowest BCUT2D eigenvalue weighted by Gasteiger charge is -2.09. The molecule has 0 aliphatic heterocycles. The van der Waals surface area contributed by atoms with E-state index >= 15 is 0 Å². The van der Waals surface area contributed by atoms with Gasteiger partial charge in [0, 0.05) is 12.1 Å². The van der Waals surface area contributed by atoms with Crippen molar-refractivity contribution in [2.45, 2.75) is 11.4 Å². The number of hydrogen-bond donors (Lipinski definition) is 1. The van der Waals surface area contributed by atoms with Gasteiger partial charge in [0.05, 0.1) is 4.90 Å². The molecule has 0 radical (unpaired) electrons. The highest BCUT2D eigenvalue weighted by Gasteiger charge is 2.15. The molecule has 1 N–H and O–H groups in total. The van der Waals surface area contributed by atoms with Gasteiger partial charge in [-0.3, -0.25) is 0 Å². The van der Waals surface area contributed by atoms with Crippen LogP contribution < -0.4 is 4.72 Å².